The standard InChI is InChI=1S/C20H27N5O3.ClH/c1-13-9-18(22-20(27)28)17-10-15(5-6-19(17)25(13)14(2)26)16-11-21-24(12-16)8-7-23(3)4;/h5-6,10-13,18,22H,7-9H2,1-4H3,(H,27,28);1H. The summed E-state index contributed by atoms with van der Waals surface area (Å²) in [7, 11) is 4.04. The van der Waals surface area contributed by atoms with Gasteiger partial charge in [0.15, 0.2) is 0 Å². The maximum Gasteiger partial charge on any atom is 0.405 e. The second kappa shape index (κ2) is 9.28. The molecule has 0 bridgehead atoms. The lowest BCUT2D eigenvalue weighted by molar-refractivity contribution is -0.117. The van der Waals surface area contributed by atoms with Gasteiger partial charge in [-0.2, -0.15) is 5.10 Å². The van der Waals surface area contributed by atoms with E-state index in [2.05, 4.69) is 15.3 Å². The number of carbonyl (C=O) groups is 2. The summed E-state index contributed by atoms with van der Waals surface area (Å²) < 4.78 is 1.89. The SMILES string of the molecule is CC(=O)N1c2ccc(-c3cnn(CCN(C)C)c3)cc2C(NC(=O)O)CC1C.Cl. The third-order valence-electron chi connectivity index (χ3n) is 5.06. The van der Waals surface area contributed by atoms with Crippen molar-refractivity contribution in [1.29, 1.82) is 0 Å². The summed E-state index contributed by atoms with van der Waals surface area (Å²) in [6, 6.07) is 5.38. The predicted molar refractivity (Wildman–Crippen MR) is 115 cm³/mol. The molecule has 158 valence electrons. The Balaban J connectivity index is 0.00000300. The monoisotopic (exact) mass is 421 g/mol. The molecule has 8 nitrogen and oxygen atoms in total. The number of amides is 2. The minimum absolute atomic E-state index is 0. The highest BCUT2D eigenvalue weighted by molar-refractivity contribution is 5.94. The maximum atomic E-state index is 12.2. The van der Waals surface area contributed by atoms with Gasteiger partial charge in [-0.3, -0.25) is 9.48 Å². The van der Waals surface area contributed by atoms with Crippen LogP contribution in [0, 0.1) is 0 Å². The molecule has 1 aromatic heterocycles. The van der Waals surface area contributed by atoms with Crippen molar-refractivity contribution >= 4 is 30.1 Å². The van der Waals surface area contributed by atoms with Crippen LogP contribution in [0.3, 0.4) is 0 Å². The molecule has 0 fully saturated rings. The van der Waals surface area contributed by atoms with E-state index in [-0.39, 0.29) is 30.4 Å². The van der Waals surface area contributed by atoms with Gasteiger partial charge in [0.25, 0.3) is 0 Å². The number of aromatic nitrogens is 2. The minimum Gasteiger partial charge on any atom is -0.465 e. The van der Waals surface area contributed by atoms with Gasteiger partial charge < -0.3 is 20.2 Å². The number of carboxylic acid groups (broad SMARTS) is 1. The second-order valence-electron chi connectivity index (χ2n) is 7.54. The molecular weight excluding hydrogens is 394 g/mol. The molecule has 2 heterocycles. The van der Waals surface area contributed by atoms with Gasteiger partial charge >= 0.3 is 6.09 Å². The van der Waals surface area contributed by atoms with Crippen molar-refractivity contribution < 1.29 is 14.7 Å². The smallest absolute Gasteiger partial charge is 0.405 e. The van der Waals surface area contributed by atoms with E-state index in [1.165, 1.54) is 6.92 Å². The van der Waals surface area contributed by atoms with Crippen LogP contribution in [0.4, 0.5) is 10.5 Å². The zero-order valence-corrected chi connectivity index (χ0v) is 17.9. The van der Waals surface area contributed by atoms with Crippen LogP contribution in [0.2, 0.25) is 0 Å². The van der Waals surface area contributed by atoms with E-state index in [4.69, 9.17) is 0 Å². The summed E-state index contributed by atoms with van der Waals surface area (Å²) in [4.78, 5) is 27.3. The first kappa shape index (κ1) is 22.7. The van der Waals surface area contributed by atoms with Crippen molar-refractivity contribution in [3.8, 4) is 11.1 Å². The Labute approximate surface area is 176 Å². The molecule has 0 aliphatic carbocycles. The molecule has 0 saturated heterocycles. The van der Waals surface area contributed by atoms with Gasteiger partial charge in [-0.15, -0.1) is 12.4 Å². The molecule has 2 atom stereocenters. The molecule has 1 aromatic carbocycles. The summed E-state index contributed by atoms with van der Waals surface area (Å²) in [5.74, 6) is -0.0493. The van der Waals surface area contributed by atoms with Crippen LogP contribution in [0.15, 0.2) is 30.6 Å². The fourth-order valence-electron chi connectivity index (χ4n) is 3.75. The first-order valence-corrected chi connectivity index (χ1v) is 9.37. The number of likely N-dealkylation sites (N-methyl/N-ethyl adjacent to an activating group) is 1. The summed E-state index contributed by atoms with van der Waals surface area (Å²) >= 11 is 0. The molecule has 0 spiro atoms. The van der Waals surface area contributed by atoms with Gasteiger partial charge in [0.1, 0.15) is 0 Å². The first-order chi connectivity index (χ1) is 13.3. The lowest BCUT2D eigenvalue weighted by atomic mass is 9.89. The summed E-state index contributed by atoms with van der Waals surface area (Å²) in [5.41, 5.74) is 3.48. The van der Waals surface area contributed by atoms with Crippen LogP contribution < -0.4 is 10.2 Å². The van der Waals surface area contributed by atoms with Crippen LogP contribution in [-0.2, 0) is 11.3 Å². The van der Waals surface area contributed by atoms with Gasteiger partial charge in [0.2, 0.25) is 5.91 Å². The van der Waals surface area contributed by atoms with Crippen molar-refractivity contribution in [3.63, 3.8) is 0 Å². The largest absolute Gasteiger partial charge is 0.465 e. The molecule has 29 heavy (non-hydrogen) atoms. The number of rotatable bonds is 5. The molecule has 9 heteroatoms. The molecular formula is C20H28ClN5O3. The summed E-state index contributed by atoms with van der Waals surface area (Å²) in [6.07, 6.45) is 3.26. The fraction of sp³-hybridized carbons (Fsp3) is 0.450. The van der Waals surface area contributed by atoms with Crippen LogP contribution in [0.5, 0.6) is 0 Å². The van der Waals surface area contributed by atoms with Crippen LogP contribution >= 0.6 is 12.4 Å². The summed E-state index contributed by atoms with van der Waals surface area (Å²) in [6.45, 7) is 5.15. The maximum absolute atomic E-state index is 12.2. The van der Waals surface area contributed by atoms with Crippen LogP contribution in [-0.4, -0.2) is 58.5 Å². The van der Waals surface area contributed by atoms with E-state index >= 15 is 0 Å². The second-order valence-corrected chi connectivity index (χ2v) is 7.54. The Bertz CT molecular complexity index is 883. The van der Waals surface area contributed by atoms with Gasteiger partial charge in [-0.1, -0.05) is 6.07 Å². The van der Waals surface area contributed by atoms with E-state index in [1.54, 1.807) is 4.90 Å². The first-order valence-electron chi connectivity index (χ1n) is 9.37. The molecule has 1 aliphatic rings. The number of anilines is 1. The zero-order chi connectivity index (χ0) is 20.4. The predicted octanol–water partition coefficient (Wildman–Crippen LogP) is 2.99. The number of halogens is 1. The number of hydrogen-bond donors (Lipinski definition) is 2. The fourth-order valence-corrected chi connectivity index (χ4v) is 3.75. The number of carbonyl (C=O) groups excluding carboxylic acids is 1. The average molecular weight is 422 g/mol. The highest BCUT2D eigenvalue weighted by Gasteiger charge is 2.33. The van der Waals surface area contributed by atoms with Crippen LogP contribution in [0.1, 0.15) is 31.9 Å². The van der Waals surface area contributed by atoms with Gasteiger partial charge in [0.05, 0.1) is 18.8 Å². The van der Waals surface area contributed by atoms with Crippen molar-refractivity contribution in [2.75, 3.05) is 25.5 Å². The number of benzene rings is 1. The van der Waals surface area contributed by atoms with E-state index in [0.29, 0.717) is 6.42 Å². The number of nitrogens with zero attached hydrogens (tertiary/aromatic N) is 4. The zero-order valence-electron chi connectivity index (χ0n) is 17.1. The van der Waals surface area contributed by atoms with E-state index in [1.807, 2.05) is 56.3 Å². The Morgan fingerprint density at radius 3 is 2.66 bits per heavy atom. The Morgan fingerprint density at radius 2 is 2.03 bits per heavy atom. The van der Waals surface area contributed by atoms with Crippen molar-refractivity contribution in [1.82, 2.24) is 20.0 Å². The molecule has 1 aliphatic heterocycles. The van der Waals surface area contributed by atoms with Crippen molar-refractivity contribution in [2.45, 2.75) is 38.9 Å². The molecule has 3 rings (SSSR count). The Hall–Kier alpha value is -2.58. The topological polar surface area (TPSA) is 90.7 Å². The minimum atomic E-state index is -1.07. The number of nitrogens with one attached hydrogen (secondary N) is 1. The highest BCUT2D eigenvalue weighted by Crippen LogP contribution is 2.39. The van der Waals surface area contributed by atoms with Crippen LogP contribution in [0.25, 0.3) is 11.1 Å². The average Bonchev–Trinajstić information content (AvgIpc) is 3.08. The quantitative estimate of drug-likeness (QED) is 0.774. The van der Waals surface area contributed by atoms with Gasteiger partial charge in [-0.25, -0.2) is 4.79 Å². The van der Waals surface area contributed by atoms with Gasteiger partial charge in [0, 0.05) is 37.0 Å². The summed E-state index contributed by atoms with van der Waals surface area (Å²) in [5, 5.41) is 16.2. The highest BCUT2D eigenvalue weighted by atomic mass is 35.5. The Morgan fingerprint density at radius 1 is 1.31 bits per heavy atom. The normalized spacial score (nSPS) is 18.2. The molecule has 2 aromatic rings. The van der Waals surface area contributed by atoms with E-state index in [0.717, 1.165) is 35.5 Å². The lowest BCUT2D eigenvalue weighted by Crippen LogP contribution is -2.45. The van der Waals surface area contributed by atoms with Crippen molar-refractivity contribution in [2.24, 2.45) is 0 Å². The third kappa shape index (κ3) is 5.07. The number of hydrogen-bond acceptors (Lipinski definition) is 4. The molecule has 2 N–H and O–H groups in total. The van der Waals surface area contributed by atoms with Gasteiger partial charge in [-0.05, 0) is 50.7 Å². The molecule has 0 saturated carbocycles. The Kier molecular flexibility index (Phi) is 7.26. The lowest BCUT2D eigenvalue weighted by Gasteiger charge is -2.39. The van der Waals surface area contributed by atoms with Crippen molar-refractivity contribution in [3.05, 3.63) is 36.2 Å². The molecule has 0 radical (unpaired) electrons. The number of fused-ring (bicyclic) bond motifs is 1. The molecule has 2 unspecified atom stereocenters. The van der Waals surface area contributed by atoms with E-state index in [9.17, 15) is 14.7 Å². The van der Waals surface area contributed by atoms with E-state index < -0.39 is 6.09 Å². The molecule has 2 amide bonds. The third-order valence-corrected chi connectivity index (χ3v) is 5.06.